The fraction of sp³-hybridized carbons (Fsp3) is 0.538. The molecule has 38 heavy (non-hydrogen) atoms. The number of carbonyl (C=O) groups excluding carboxylic acids is 3. The van der Waals surface area contributed by atoms with Crippen LogP contribution < -0.4 is 25.8 Å². The van der Waals surface area contributed by atoms with E-state index >= 15 is 0 Å². The molecule has 1 fully saturated rings. The maximum atomic E-state index is 12.9. The van der Waals surface area contributed by atoms with Gasteiger partial charge in [-0.05, 0) is 51.4 Å². The monoisotopic (exact) mass is 533 g/mol. The van der Waals surface area contributed by atoms with E-state index in [2.05, 4.69) is 20.5 Å². The molecule has 0 unspecified atom stereocenters. The van der Waals surface area contributed by atoms with Crippen LogP contribution in [0.4, 0.5) is 5.82 Å². The largest absolute Gasteiger partial charge is 0.497 e. The maximum absolute atomic E-state index is 12.9. The number of methoxy groups -OCH3 is 2. The molecule has 1 aliphatic heterocycles. The zero-order chi connectivity index (χ0) is 28.3. The van der Waals surface area contributed by atoms with Crippen molar-refractivity contribution >= 4 is 24.0 Å². The summed E-state index contributed by atoms with van der Waals surface area (Å²) in [5, 5.41) is 20.1. The average molecular weight is 534 g/mol. The lowest BCUT2D eigenvalue weighted by molar-refractivity contribution is -0.138. The number of ether oxygens (including phenoxy) is 3. The van der Waals surface area contributed by atoms with Crippen LogP contribution in [0.2, 0.25) is 0 Å². The van der Waals surface area contributed by atoms with E-state index in [1.54, 1.807) is 37.1 Å². The van der Waals surface area contributed by atoms with Gasteiger partial charge in [0.1, 0.15) is 34.3 Å². The van der Waals surface area contributed by atoms with Gasteiger partial charge in [-0.3, -0.25) is 14.4 Å². The van der Waals surface area contributed by atoms with Gasteiger partial charge in [-0.25, -0.2) is 4.68 Å². The lowest BCUT2D eigenvalue weighted by Crippen LogP contribution is -2.21. The van der Waals surface area contributed by atoms with E-state index < -0.39 is 5.91 Å². The van der Waals surface area contributed by atoms with Crippen molar-refractivity contribution in [3.05, 3.63) is 35.0 Å². The van der Waals surface area contributed by atoms with Crippen molar-refractivity contribution in [3.63, 3.8) is 0 Å². The van der Waals surface area contributed by atoms with Gasteiger partial charge in [0, 0.05) is 25.6 Å². The van der Waals surface area contributed by atoms with Gasteiger partial charge in [0.2, 0.25) is 0 Å². The first-order valence-corrected chi connectivity index (χ1v) is 12.3. The number of aromatic nitrogens is 2. The van der Waals surface area contributed by atoms with E-state index in [4.69, 9.17) is 15.2 Å². The van der Waals surface area contributed by atoms with Crippen molar-refractivity contribution in [2.75, 3.05) is 45.8 Å². The predicted octanol–water partition coefficient (Wildman–Crippen LogP) is 1.25. The molecule has 1 aliphatic rings. The number of carbonyl (C=O) groups is 3. The molecule has 2 heterocycles. The number of primary amides is 1. The minimum absolute atomic E-state index is 0.0331. The highest BCUT2D eigenvalue weighted by atomic mass is 16.5. The summed E-state index contributed by atoms with van der Waals surface area (Å²) in [6.45, 7) is 7.58. The molecule has 0 saturated carbocycles. The first kappa shape index (κ1) is 30.6. The predicted molar refractivity (Wildman–Crippen MR) is 142 cm³/mol. The molecule has 0 bridgehead atoms. The molecule has 1 atom stereocenters. The molecule has 12 nitrogen and oxygen atoms in total. The smallest absolute Gasteiger partial charge is 0.293 e. The number of nitrogens with two attached hydrogens (primary N) is 1. The number of rotatable bonds is 12. The van der Waals surface area contributed by atoms with Gasteiger partial charge in [-0.1, -0.05) is 0 Å². The number of amides is 1. The number of anilines is 1. The Hall–Kier alpha value is -3.64. The number of hydrogen-bond acceptors (Lipinski definition) is 10. The van der Waals surface area contributed by atoms with Crippen molar-refractivity contribution in [1.29, 1.82) is 0 Å². The maximum Gasteiger partial charge on any atom is 0.293 e. The van der Waals surface area contributed by atoms with E-state index in [0.717, 1.165) is 18.5 Å². The van der Waals surface area contributed by atoms with Crippen LogP contribution >= 0.6 is 0 Å². The van der Waals surface area contributed by atoms with Gasteiger partial charge < -0.3 is 35.7 Å². The molecule has 0 radical (unpaired) electrons. The fourth-order valence-corrected chi connectivity index (χ4v) is 3.91. The molecule has 3 rings (SSSR count). The number of nitrogens with one attached hydrogen (secondary N) is 2. The quantitative estimate of drug-likeness (QED) is 0.292. The van der Waals surface area contributed by atoms with Crippen LogP contribution in [0.1, 0.15) is 54.8 Å². The second kappa shape index (κ2) is 14.3. The third kappa shape index (κ3) is 9.03. The van der Waals surface area contributed by atoms with Gasteiger partial charge >= 0.3 is 0 Å². The van der Waals surface area contributed by atoms with Gasteiger partial charge in [0.15, 0.2) is 0 Å². The van der Waals surface area contributed by atoms with Gasteiger partial charge in [-0.2, -0.15) is 5.10 Å². The average Bonchev–Trinajstić information content (AvgIpc) is 3.50. The van der Waals surface area contributed by atoms with Crippen molar-refractivity contribution in [2.45, 2.75) is 51.7 Å². The highest BCUT2D eigenvalue weighted by molar-refractivity contribution is 6.00. The molecule has 0 aliphatic carbocycles. The van der Waals surface area contributed by atoms with Gasteiger partial charge in [0.05, 0.1) is 39.0 Å². The fourth-order valence-electron chi connectivity index (χ4n) is 3.91. The minimum Gasteiger partial charge on any atom is -0.497 e. The zero-order valence-electron chi connectivity index (χ0n) is 22.7. The Morgan fingerprint density at radius 2 is 1.87 bits per heavy atom. The molecule has 12 heteroatoms. The first-order chi connectivity index (χ1) is 18.0. The second-order valence-electron chi connectivity index (χ2n) is 9.72. The number of benzene rings is 1. The van der Waals surface area contributed by atoms with Crippen LogP contribution in [0.25, 0.3) is 0 Å². The number of hydrogen-bond donors (Lipinski definition) is 4. The van der Waals surface area contributed by atoms with E-state index in [0.29, 0.717) is 36.0 Å². The van der Waals surface area contributed by atoms with Crippen molar-refractivity contribution in [3.8, 4) is 11.5 Å². The molecular weight excluding hydrogens is 494 g/mol. The van der Waals surface area contributed by atoms with Crippen molar-refractivity contribution < 1.29 is 33.7 Å². The third-order valence-electron chi connectivity index (χ3n) is 5.59. The molecule has 5 N–H and O–H groups in total. The normalized spacial score (nSPS) is 14.7. The summed E-state index contributed by atoms with van der Waals surface area (Å²) < 4.78 is 16.8. The highest BCUT2D eigenvalue weighted by Gasteiger charge is 2.28. The number of aliphatic hydroxyl groups excluding tert-OH is 1. The van der Waals surface area contributed by atoms with Crippen molar-refractivity contribution in [1.82, 2.24) is 15.1 Å². The third-order valence-corrected chi connectivity index (χ3v) is 5.59. The van der Waals surface area contributed by atoms with E-state index in [1.807, 2.05) is 20.8 Å². The Morgan fingerprint density at radius 3 is 2.32 bits per heavy atom. The van der Waals surface area contributed by atoms with E-state index in [-0.39, 0.29) is 49.0 Å². The zero-order valence-corrected chi connectivity index (χ0v) is 22.7. The van der Waals surface area contributed by atoms with Gasteiger partial charge in [-0.15, -0.1) is 0 Å². The van der Waals surface area contributed by atoms with Gasteiger partial charge in [0.25, 0.3) is 12.4 Å². The number of Topliss-reactive ketones (excluding diaryl/α,β-unsaturated/α-hetero) is 1. The van der Waals surface area contributed by atoms with Crippen LogP contribution in [0.15, 0.2) is 18.2 Å². The lowest BCUT2D eigenvalue weighted by atomic mass is 10.0. The molecule has 2 aromatic rings. The summed E-state index contributed by atoms with van der Waals surface area (Å²) in [5.41, 5.74) is 6.59. The van der Waals surface area contributed by atoms with E-state index in [1.165, 1.54) is 0 Å². The van der Waals surface area contributed by atoms with E-state index in [9.17, 15) is 19.5 Å². The summed E-state index contributed by atoms with van der Waals surface area (Å²) in [7, 11) is 3.09. The molecular formula is C26H39N5O7. The number of aliphatic hydroxyl groups is 1. The molecule has 1 aromatic carbocycles. The lowest BCUT2D eigenvalue weighted by Gasteiger charge is -2.15. The Balaban J connectivity index is 0.000000638. The molecule has 210 valence electrons. The summed E-state index contributed by atoms with van der Waals surface area (Å²) >= 11 is 0. The van der Waals surface area contributed by atoms with Crippen molar-refractivity contribution in [2.24, 2.45) is 5.73 Å². The summed E-state index contributed by atoms with van der Waals surface area (Å²) in [6, 6.07) is 5.31. The standard InChI is InChI=1S/C21H29N5O5.C5H10O2/c1-30-16-8-13(9-17(11-16)31-2)7-15(28)10-18-19(20(22)29)21(24-5-6-27)26(25-18)14-3-4-23-12-14;1-5(2,3)7-4-6/h8-9,11,14,23-24,27H,3-7,10,12H2,1-2H3,(H2,22,29);4H,1-3H3/t14-;/m0./s1. The minimum atomic E-state index is -0.663. The Labute approximate surface area is 222 Å². The first-order valence-electron chi connectivity index (χ1n) is 12.3. The number of ketones is 1. The number of nitrogens with zero attached hydrogens (tertiary/aromatic N) is 2. The summed E-state index contributed by atoms with van der Waals surface area (Å²) in [4.78, 5) is 34.7. The topological polar surface area (TPSA) is 167 Å². The molecule has 1 saturated heterocycles. The highest BCUT2D eigenvalue weighted by Crippen LogP contribution is 2.28. The molecule has 0 spiro atoms. The molecule has 1 amide bonds. The van der Waals surface area contributed by atoms with Crippen LogP contribution in [0, 0.1) is 0 Å². The summed E-state index contributed by atoms with van der Waals surface area (Å²) in [6.07, 6.45) is 0.923. The van der Waals surface area contributed by atoms with Crippen LogP contribution in [-0.2, 0) is 27.2 Å². The van der Waals surface area contributed by atoms with Crippen LogP contribution in [0.5, 0.6) is 11.5 Å². The Bertz CT molecular complexity index is 1070. The van der Waals surface area contributed by atoms with Crippen LogP contribution in [-0.4, -0.2) is 79.1 Å². The Morgan fingerprint density at radius 1 is 1.21 bits per heavy atom. The molecule has 1 aromatic heterocycles. The second-order valence-corrected chi connectivity index (χ2v) is 9.72. The summed E-state index contributed by atoms with van der Waals surface area (Å²) in [5.74, 6) is 0.840. The SMILES string of the molecule is CC(C)(C)OC=O.COc1cc(CC(=O)Cc2nn([C@H]3CCNC3)c(NCCO)c2C(N)=O)cc(OC)c1. The van der Waals surface area contributed by atoms with Crippen LogP contribution in [0.3, 0.4) is 0 Å². The Kier molecular flexibility index (Phi) is 11.5.